The van der Waals surface area contributed by atoms with Crippen LogP contribution >= 0.6 is 0 Å². The monoisotopic (exact) mass is 521 g/mol. The summed E-state index contributed by atoms with van der Waals surface area (Å²) in [6.07, 6.45) is 8.03. The number of nitrogens with one attached hydrogen (secondary N) is 2. The molecule has 1 aliphatic heterocycles. The van der Waals surface area contributed by atoms with Gasteiger partial charge in [-0.25, -0.2) is 24.5 Å². The minimum absolute atomic E-state index is 0.0494. The van der Waals surface area contributed by atoms with E-state index in [2.05, 4.69) is 42.2 Å². The molecule has 0 spiro atoms. The van der Waals surface area contributed by atoms with E-state index in [0.29, 0.717) is 29.3 Å². The van der Waals surface area contributed by atoms with Crippen LogP contribution in [-0.4, -0.2) is 54.6 Å². The molecule has 1 aliphatic rings. The second kappa shape index (κ2) is 10.4. The number of rotatable bonds is 7. The smallest absolute Gasteiger partial charge is 0.243 e. The van der Waals surface area contributed by atoms with Gasteiger partial charge in [0, 0.05) is 37.1 Å². The molecule has 1 atom stereocenters. The van der Waals surface area contributed by atoms with Crippen LogP contribution in [0, 0.1) is 6.92 Å². The minimum Gasteiger partial charge on any atom is -0.457 e. The van der Waals surface area contributed by atoms with Gasteiger partial charge in [-0.3, -0.25) is 4.79 Å². The van der Waals surface area contributed by atoms with Crippen LogP contribution in [0.25, 0.3) is 16.7 Å². The highest BCUT2D eigenvalue weighted by Gasteiger charge is 2.22. The first-order chi connectivity index (χ1) is 19.1. The van der Waals surface area contributed by atoms with Crippen LogP contribution in [0.4, 0.5) is 17.3 Å². The normalized spacial score (nSPS) is 15.3. The van der Waals surface area contributed by atoms with E-state index < -0.39 is 0 Å². The number of nitrogens with zero attached hydrogens (tertiary/aromatic N) is 7. The summed E-state index contributed by atoms with van der Waals surface area (Å²) in [7, 11) is 0. The first kappa shape index (κ1) is 24.3. The van der Waals surface area contributed by atoms with E-state index in [9.17, 15) is 4.79 Å². The zero-order chi connectivity index (χ0) is 26.8. The molecule has 11 heteroatoms. The van der Waals surface area contributed by atoms with Crippen LogP contribution in [-0.2, 0) is 4.79 Å². The molecule has 6 rings (SSSR count). The lowest BCUT2D eigenvalue weighted by molar-refractivity contribution is -0.117. The molecule has 0 saturated carbocycles. The van der Waals surface area contributed by atoms with Gasteiger partial charge >= 0.3 is 0 Å². The number of fused-ring (bicyclic) bond motifs is 2. The summed E-state index contributed by atoms with van der Waals surface area (Å²) >= 11 is 0. The van der Waals surface area contributed by atoms with Gasteiger partial charge in [-0.05, 0) is 67.8 Å². The fraction of sp³-hybridized carbons (Fsp3) is 0.214. The molecule has 2 N–H and O–H groups in total. The van der Waals surface area contributed by atoms with Crippen molar-refractivity contribution < 1.29 is 9.53 Å². The third-order valence-corrected chi connectivity index (χ3v) is 6.66. The average molecular weight is 522 g/mol. The summed E-state index contributed by atoms with van der Waals surface area (Å²) in [6, 6.07) is 13.5. The first-order valence-electron chi connectivity index (χ1n) is 12.7. The molecule has 5 aromatic rings. The van der Waals surface area contributed by atoms with Gasteiger partial charge in [0.25, 0.3) is 0 Å². The first-order valence-corrected chi connectivity index (χ1v) is 12.7. The van der Waals surface area contributed by atoms with Crippen molar-refractivity contribution in [1.82, 2.24) is 34.9 Å². The number of amides is 1. The highest BCUT2D eigenvalue weighted by atomic mass is 16.5. The fourth-order valence-electron chi connectivity index (χ4n) is 4.73. The molecular formula is C28H27N9O2. The van der Waals surface area contributed by atoms with E-state index in [0.717, 1.165) is 47.7 Å². The molecule has 1 aromatic carbocycles. The number of carbonyl (C=O) groups excluding carboxylic acids is 1. The third kappa shape index (κ3) is 5.19. The molecule has 1 saturated heterocycles. The molecule has 5 heterocycles. The van der Waals surface area contributed by atoms with Gasteiger partial charge in [0.05, 0.1) is 5.52 Å². The number of pyridine rings is 2. The topological polar surface area (TPSA) is 122 Å². The predicted octanol–water partition coefficient (Wildman–Crippen LogP) is 4.18. The highest BCUT2D eigenvalue weighted by Crippen LogP contribution is 2.30. The zero-order valence-corrected chi connectivity index (χ0v) is 21.4. The number of ether oxygens (including phenoxy) is 1. The Bertz CT molecular complexity index is 1680. The lowest BCUT2D eigenvalue weighted by atomic mass is 10.1. The van der Waals surface area contributed by atoms with Gasteiger partial charge < -0.3 is 20.3 Å². The zero-order valence-electron chi connectivity index (χ0n) is 21.4. The van der Waals surface area contributed by atoms with Crippen molar-refractivity contribution in [2.75, 3.05) is 23.3 Å². The van der Waals surface area contributed by atoms with Gasteiger partial charge in [-0.2, -0.15) is 5.10 Å². The minimum atomic E-state index is -0.156. The number of carbonyl (C=O) groups is 1. The van der Waals surface area contributed by atoms with Crippen molar-refractivity contribution in [3.05, 3.63) is 79.5 Å². The summed E-state index contributed by atoms with van der Waals surface area (Å²) in [5, 5.41) is 10.5. The third-order valence-electron chi connectivity index (χ3n) is 6.66. The molecule has 11 nitrogen and oxygen atoms in total. The molecule has 1 fully saturated rings. The Morgan fingerprint density at radius 1 is 1.13 bits per heavy atom. The van der Waals surface area contributed by atoms with Crippen LogP contribution < -0.4 is 20.3 Å². The standard InChI is InChI=1S/C28H27N9O2/c1-3-26(38)33-20-5-4-11-36(15-20)24-9-7-22-27(35-24)28(31-16-29-22)34-19-6-8-23(18(2)13-19)39-21-10-12-37-25(14-21)30-17-32-37/h3,6-10,12-14,16-17,20H,1,4-5,11,15H2,2H3,(H,33,38)(H,29,31,34). The van der Waals surface area contributed by atoms with Crippen LogP contribution in [0.2, 0.25) is 0 Å². The Kier molecular flexibility index (Phi) is 6.45. The lowest BCUT2D eigenvalue weighted by Gasteiger charge is -2.33. The van der Waals surface area contributed by atoms with Crippen LogP contribution in [0.1, 0.15) is 18.4 Å². The van der Waals surface area contributed by atoms with E-state index in [1.165, 1.54) is 18.7 Å². The van der Waals surface area contributed by atoms with Crippen molar-refractivity contribution in [2.45, 2.75) is 25.8 Å². The number of anilines is 3. The fourth-order valence-corrected chi connectivity index (χ4v) is 4.73. The summed E-state index contributed by atoms with van der Waals surface area (Å²) in [4.78, 5) is 32.0. The van der Waals surface area contributed by atoms with Crippen LogP contribution in [0.5, 0.6) is 11.5 Å². The van der Waals surface area contributed by atoms with Crippen LogP contribution in [0.3, 0.4) is 0 Å². The molecule has 0 aliphatic carbocycles. The number of hydrogen-bond acceptors (Lipinski definition) is 9. The molecule has 196 valence electrons. The number of aryl methyl sites for hydroxylation is 1. The lowest BCUT2D eigenvalue weighted by Crippen LogP contribution is -2.47. The Labute approximate surface area is 224 Å². The number of aromatic nitrogens is 6. The molecule has 0 radical (unpaired) electrons. The van der Waals surface area contributed by atoms with E-state index in [1.807, 2.05) is 55.6 Å². The molecule has 4 aromatic heterocycles. The maximum absolute atomic E-state index is 11.8. The van der Waals surface area contributed by atoms with Gasteiger partial charge in [-0.1, -0.05) is 6.58 Å². The number of piperidine rings is 1. The summed E-state index contributed by atoms with van der Waals surface area (Å²) < 4.78 is 7.78. The maximum atomic E-state index is 11.8. The SMILES string of the molecule is C=CC(=O)NC1CCCN(c2ccc3ncnc(Nc4ccc(Oc5ccn6ncnc6c5)c(C)c4)c3n2)C1. The van der Waals surface area contributed by atoms with Crippen molar-refractivity contribution in [2.24, 2.45) is 0 Å². The Morgan fingerprint density at radius 3 is 2.92 bits per heavy atom. The van der Waals surface area contributed by atoms with Gasteiger partial charge in [-0.15, -0.1) is 0 Å². The number of hydrogen-bond donors (Lipinski definition) is 2. The van der Waals surface area contributed by atoms with Gasteiger partial charge in [0.15, 0.2) is 11.5 Å². The Hall–Kier alpha value is -5.06. The van der Waals surface area contributed by atoms with Crippen molar-refractivity contribution in [3.8, 4) is 11.5 Å². The second-order valence-corrected chi connectivity index (χ2v) is 9.39. The quantitative estimate of drug-likeness (QED) is 0.304. The van der Waals surface area contributed by atoms with E-state index >= 15 is 0 Å². The van der Waals surface area contributed by atoms with E-state index in [-0.39, 0.29) is 11.9 Å². The van der Waals surface area contributed by atoms with E-state index in [4.69, 9.17) is 9.72 Å². The van der Waals surface area contributed by atoms with E-state index in [1.54, 1.807) is 4.52 Å². The number of benzene rings is 1. The highest BCUT2D eigenvalue weighted by molar-refractivity contribution is 5.88. The summed E-state index contributed by atoms with van der Waals surface area (Å²) in [6.45, 7) is 7.08. The summed E-state index contributed by atoms with van der Waals surface area (Å²) in [5.74, 6) is 2.70. The Morgan fingerprint density at radius 2 is 2.05 bits per heavy atom. The summed E-state index contributed by atoms with van der Waals surface area (Å²) in [5.41, 5.74) is 3.93. The largest absolute Gasteiger partial charge is 0.457 e. The molecular weight excluding hydrogens is 494 g/mol. The van der Waals surface area contributed by atoms with Crippen molar-refractivity contribution >= 4 is 39.9 Å². The molecule has 1 unspecified atom stereocenters. The van der Waals surface area contributed by atoms with Gasteiger partial charge in [0.2, 0.25) is 5.91 Å². The second-order valence-electron chi connectivity index (χ2n) is 9.39. The molecule has 0 bridgehead atoms. The van der Waals surface area contributed by atoms with Crippen molar-refractivity contribution in [1.29, 1.82) is 0 Å². The molecule has 1 amide bonds. The Balaban J connectivity index is 1.21. The van der Waals surface area contributed by atoms with Crippen molar-refractivity contribution in [3.63, 3.8) is 0 Å². The maximum Gasteiger partial charge on any atom is 0.243 e. The van der Waals surface area contributed by atoms with Crippen LogP contribution in [0.15, 0.2) is 74.0 Å². The van der Waals surface area contributed by atoms with Gasteiger partial charge in [0.1, 0.15) is 35.5 Å². The average Bonchev–Trinajstić information content (AvgIpc) is 3.43. The predicted molar refractivity (Wildman–Crippen MR) is 148 cm³/mol. The molecule has 39 heavy (non-hydrogen) atoms.